The van der Waals surface area contributed by atoms with Crippen LogP contribution < -0.4 is 11.1 Å². The molecule has 0 saturated heterocycles. The van der Waals surface area contributed by atoms with Crippen LogP contribution in [0.3, 0.4) is 0 Å². The molecule has 0 heterocycles. The van der Waals surface area contributed by atoms with Crippen LogP contribution >= 0.6 is 0 Å². The van der Waals surface area contributed by atoms with Gasteiger partial charge in [-0.25, -0.2) is 4.79 Å². The smallest absolute Gasteiger partial charge is 0.408 e. The lowest BCUT2D eigenvalue weighted by atomic mass is 10.3. The molecule has 5 heteroatoms. The Bertz CT molecular complexity index is 256. The highest BCUT2D eigenvalue weighted by atomic mass is 16.6. The Hall–Kier alpha value is -1.26. The van der Waals surface area contributed by atoms with E-state index in [0.29, 0.717) is 12.8 Å². The summed E-state index contributed by atoms with van der Waals surface area (Å²) in [5, 5.41) is 2.50. The largest absolute Gasteiger partial charge is 0.446 e. The summed E-state index contributed by atoms with van der Waals surface area (Å²) in [5.41, 5.74) is 4.32. The van der Waals surface area contributed by atoms with Gasteiger partial charge in [0.05, 0.1) is 0 Å². The van der Waals surface area contributed by atoms with Crippen LogP contribution in [0.5, 0.6) is 0 Å². The van der Waals surface area contributed by atoms with Crippen molar-refractivity contribution >= 4 is 12.0 Å². The number of carbonyl (C=O) groups is 2. The first-order valence-electron chi connectivity index (χ1n) is 4.41. The first kappa shape index (κ1) is 8.34. The lowest BCUT2D eigenvalue weighted by Crippen LogP contribution is -2.47. The van der Waals surface area contributed by atoms with Crippen LogP contribution in [0.1, 0.15) is 25.7 Å². The molecule has 0 aromatic rings. The SMILES string of the molecule is NC(=O)C1(NC(=O)OC2CC2)CC1. The Kier molecular flexibility index (Phi) is 1.68. The van der Waals surface area contributed by atoms with Gasteiger partial charge in [0.2, 0.25) is 5.91 Å². The molecule has 0 aliphatic heterocycles. The van der Waals surface area contributed by atoms with Gasteiger partial charge in [0, 0.05) is 0 Å². The van der Waals surface area contributed by atoms with Gasteiger partial charge < -0.3 is 15.8 Å². The molecule has 0 bridgehead atoms. The van der Waals surface area contributed by atoms with Crippen LogP contribution in [-0.4, -0.2) is 23.6 Å². The maximum absolute atomic E-state index is 11.1. The van der Waals surface area contributed by atoms with Gasteiger partial charge in [-0.3, -0.25) is 4.79 Å². The molecule has 13 heavy (non-hydrogen) atoms. The molecule has 2 fully saturated rings. The predicted octanol–water partition coefficient (Wildman–Crippen LogP) is -0.107. The number of hydrogen-bond acceptors (Lipinski definition) is 3. The Morgan fingerprint density at radius 3 is 2.38 bits per heavy atom. The van der Waals surface area contributed by atoms with Gasteiger partial charge in [-0.1, -0.05) is 0 Å². The van der Waals surface area contributed by atoms with Crippen molar-refractivity contribution in [3.63, 3.8) is 0 Å². The number of alkyl carbamates (subject to hydrolysis) is 1. The van der Waals surface area contributed by atoms with Gasteiger partial charge in [0.15, 0.2) is 0 Å². The van der Waals surface area contributed by atoms with Gasteiger partial charge in [-0.05, 0) is 25.7 Å². The lowest BCUT2D eigenvalue weighted by molar-refractivity contribution is -0.120. The molecule has 0 atom stereocenters. The number of nitrogens with two attached hydrogens (primary N) is 1. The zero-order valence-corrected chi connectivity index (χ0v) is 7.21. The summed E-state index contributed by atoms with van der Waals surface area (Å²) in [4.78, 5) is 22.0. The standard InChI is InChI=1S/C8H12N2O3/c9-6(11)8(3-4-8)10-7(12)13-5-1-2-5/h5H,1-4H2,(H2,9,11)(H,10,12). The Morgan fingerprint density at radius 1 is 1.38 bits per heavy atom. The van der Waals surface area contributed by atoms with E-state index in [4.69, 9.17) is 10.5 Å². The highest BCUT2D eigenvalue weighted by Crippen LogP contribution is 2.35. The fraction of sp³-hybridized carbons (Fsp3) is 0.750. The van der Waals surface area contributed by atoms with E-state index in [0.717, 1.165) is 12.8 Å². The van der Waals surface area contributed by atoms with Crippen molar-refractivity contribution in [1.82, 2.24) is 5.32 Å². The molecule has 2 rings (SSSR count). The number of ether oxygens (including phenoxy) is 1. The summed E-state index contributed by atoms with van der Waals surface area (Å²) in [7, 11) is 0. The molecule has 0 aromatic heterocycles. The first-order chi connectivity index (χ1) is 6.12. The van der Waals surface area contributed by atoms with Crippen molar-refractivity contribution in [2.75, 3.05) is 0 Å². The summed E-state index contributed by atoms with van der Waals surface area (Å²) < 4.78 is 4.93. The quantitative estimate of drug-likeness (QED) is 0.642. The zero-order valence-electron chi connectivity index (χ0n) is 7.21. The highest BCUT2D eigenvalue weighted by Gasteiger charge is 2.50. The van der Waals surface area contributed by atoms with Gasteiger partial charge in [-0.2, -0.15) is 0 Å². The summed E-state index contributed by atoms with van der Waals surface area (Å²) in [5.74, 6) is -0.472. The van der Waals surface area contributed by atoms with Crippen molar-refractivity contribution in [1.29, 1.82) is 0 Å². The maximum Gasteiger partial charge on any atom is 0.408 e. The molecular formula is C8H12N2O3. The third-order valence-electron chi connectivity index (χ3n) is 2.36. The van der Waals surface area contributed by atoms with E-state index in [1.165, 1.54) is 0 Å². The Morgan fingerprint density at radius 2 is 2.00 bits per heavy atom. The molecule has 2 aliphatic rings. The van der Waals surface area contributed by atoms with E-state index in [2.05, 4.69) is 5.32 Å². The maximum atomic E-state index is 11.1. The second-order valence-electron chi connectivity index (χ2n) is 3.68. The number of primary amides is 1. The lowest BCUT2D eigenvalue weighted by Gasteiger charge is -2.12. The molecule has 2 aliphatic carbocycles. The number of rotatable bonds is 3. The van der Waals surface area contributed by atoms with E-state index in [1.807, 2.05) is 0 Å². The normalized spacial score (nSPS) is 23.4. The highest BCUT2D eigenvalue weighted by molar-refractivity contribution is 5.91. The second kappa shape index (κ2) is 2.61. The minimum absolute atomic E-state index is 0.0590. The van der Waals surface area contributed by atoms with Crippen molar-refractivity contribution < 1.29 is 14.3 Å². The number of nitrogens with one attached hydrogen (secondary N) is 1. The van der Waals surface area contributed by atoms with Crippen LogP contribution in [0.15, 0.2) is 0 Å². The summed E-state index contributed by atoms with van der Waals surface area (Å²) in [6.07, 6.45) is 2.65. The molecule has 2 saturated carbocycles. The van der Waals surface area contributed by atoms with Crippen LogP contribution in [0.2, 0.25) is 0 Å². The van der Waals surface area contributed by atoms with Crippen LogP contribution in [0, 0.1) is 0 Å². The van der Waals surface area contributed by atoms with Crippen LogP contribution in [-0.2, 0) is 9.53 Å². The molecule has 2 amide bonds. The summed E-state index contributed by atoms with van der Waals surface area (Å²) in [6, 6.07) is 0. The molecule has 0 unspecified atom stereocenters. The van der Waals surface area contributed by atoms with E-state index in [-0.39, 0.29) is 6.10 Å². The van der Waals surface area contributed by atoms with E-state index in [9.17, 15) is 9.59 Å². The van der Waals surface area contributed by atoms with Gasteiger partial charge >= 0.3 is 6.09 Å². The number of hydrogen-bond donors (Lipinski definition) is 2. The molecule has 0 spiro atoms. The van der Waals surface area contributed by atoms with Gasteiger partial charge in [-0.15, -0.1) is 0 Å². The second-order valence-corrected chi connectivity index (χ2v) is 3.68. The number of carbonyl (C=O) groups excluding carboxylic acids is 2. The molecule has 72 valence electrons. The molecule has 5 nitrogen and oxygen atoms in total. The first-order valence-corrected chi connectivity index (χ1v) is 4.41. The van der Waals surface area contributed by atoms with Gasteiger partial charge in [0.1, 0.15) is 11.6 Å². The van der Waals surface area contributed by atoms with Crippen molar-refractivity contribution in [2.45, 2.75) is 37.3 Å². The third-order valence-corrected chi connectivity index (χ3v) is 2.36. The minimum Gasteiger partial charge on any atom is -0.446 e. The van der Waals surface area contributed by atoms with Crippen molar-refractivity contribution in [3.05, 3.63) is 0 Å². The Labute approximate surface area is 75.6 Å². The molecular weight excluding hydrogens is 172 g/mol. The predicted molar refractivity (Wildman–Crippen MR) is 43.8 cm³/mol. The fourth-order valence-electron chi connectivity index (χ4n) is 1.12. The molecule has 0 radical (unpaired) electrons. The van der Waals surface area contributed by atoms with Crippen molar-refractivity contribution in [3.8, 4) is 0 Å². The summed E-state index contributed by atoms with van der Waals surface area (Å²) in [6.45, 7) is 0. The fourth-order valence-corrected chi connectivity index (χ4v) is 1.12. The average Bonchev–Trinajstić information content (AvgIpc) is 2.83. The van der Waals surface area contributed by atoms with E-state index >= 15 is 0 Å². The molecule has 0 aromatic carbocycles. The van der Waals surface area contributed by atoms with E-state index in [1.54, 1.807) is 0 Å². The summed E-state index contributed by atoms with van der Waals surface area (Å²) >= 11 is 0. The van der Waals surface area contributed by atoms with Crippen LogP contribution in [0.4, 0.5) is 4.79 Å². The molecule has 3 N–H and O–H groups in total. The topological polar surface area (TPSA) is 81.4 Å². The van der Waals surface area contributed by atoms with Crippen LogP contribution in [0.25, 0.3) is 0 Å². The Balaban J connectivity index is 1.82. The van der Waals surface area contributed by atoms with E-state index < -0.39 is 17.5 Å². The van der Waals surface area contributed by atoms with Gasteiger partial charge in [0.25, 0.3) is 0 Å². The van der Waals surface area contributed by atoms with Crippen molar-refractivity contribution in [2.24, 2.45) is 5.73 Å². The zero-order chi connectivity index (χ0) is 9.47. The number of amides is 2. The monoisotopic (exact) mass is 184 g/mol. The third kappa shape index (κ3) is 1.74. The average molecular weight is 184 g/mol. The minimum atomic E-state index is -0.800.